The fourth-order valence-corrected chi connectivity index (χ4v) is 3.47. The Balaban J connectivity index is 1.70. The first kappa shape index (κ1) is 13.2. The van der Waals surface area contributed by atoms with Gasteiger partial charge in [0, 0.05) is 10.6 Å². The van der Waals surface area contributed by atoms with Crippen molar-refractivity contribution in [3.8, 4) is 0 Å². The van der Waals surface area contributed by atoms with Crippen molar-refractivity contribution in [2.75, 3.05) is 18.9 Å². The molecule has 17 heavy (non-hydrogen) atoms. The van der Waals surface area contributed by atoms with Crippen molar-refractivity contribution < 1.29 is 14.7 Å². The van der Waals surface area contributed by atoms with Crippen molar-refractivity contribution >= 4 is 40.6 Å². The zero-order valence-corrected chi connectivity index (χ0v) is 11.4. The highest BCUT2D eigenvalue weighted by Crippen LogP contribution is 2.25. The molecule has 1 aromatic heterocycles. The molecule has 1 amide bonds. The lowest BCUT2D eigenvalue weighted by Crippen LogP contribution is -2.29. The predicted molar refractivity (Wildman–Crippen MR) is 69.2 cm³/mol. The number of halogens is 1. The number of hydroxylamine groups is 2. The van der Waals surface area contributed by atoms with Gasteiger partial charge in [-0.1, -0.05) is 11.6 Å². The second-order valence-electron chi connectivity index (χ2n) is 3.60. The minimum Gasteiger partial charge on any atom is -0.389 e. The van der Waals surface area contributed by atoms with Crippen molar-refractivity contribution in [2.24, 2.45) is 0 Å². The molecule has 0 saturated carbocycles. The third-order valence-electron chi connectivity index (χ3n) is 2.18. The summed E-state index contributed by atoms with van der Waals surface area (Å²) in [4.78, 5) is 17.8. The van der Waals surface area contributed by atoms with Gasteiger partial charge in [-0.25, -0.2) is 5.06 Å². The van der Waals surface area contributed by atoms with Crippen molar-refractivity contribution in [3.05, 3.63) is 21.3 Å². The van der Waals surface area contributed by atoms with E-state index in [9.17, 15) is 9.90 Å². The molecule has 0 bridgehead atoms. The highest BCUT2D eigenvalue weighted by Gasteiger charge is 2.25. The van der Waals surface area contributed by atoms with E-state index in [1.54, 1.807) is 0 Å². The third-order valence-corrected chi connectivity index (χ3v) is 4.56. The second-order valence-corrected chi connectivity index (χ2v) is 6.39. The standard InChI is InChI=1S/C10H12ClNO3S2/c11-9-2-1-8(17-9)5-16-6-10(14)12-3-7(13)4-15-12/h1-2,7,13H,3-6H2/t7-/m1/s1. The van der Waals surface area contributed by atoms with Gasteiger partial charge in [0.25, 0.3) is 5.91 Å². The number of aliphatic hydroxyl groups excluding tert-OH is 1. The number of aliphatic hydroxyl groups is 1. The van der Waals surface area contributed by atoms with E-state index >= 15 is 0 Å². The van der Waals surface area contributed by atoms with E-state index < -0.39 is 6.10 Å². The third kappa shape index (κ3) is 3.86. The Morgan fingerprint density at radius 2 is 2.53 bits per heavy atom. The first-order valence-electron chi connectivity index (χ1n) is 5.08. The van der Waals surface area contributed by atoms with Crippen LogP contribution in [0.3, 0.4) is 0 Å². The highest BCUT2D eigenvalue weighted by molar-refractivity contribution is 7.99. The molecule has 2 rings (SSSR count). The van der Waals surface area contributed by atoms with Gasteiger partial charge in [-0.2, -0.15) is 0 Å². The minimum absolute atomic E-state index is 0.103. The Bertz CT molecular complexity index is 399. The molecule has 4 nitrogen and oxygen atoms in total. The molecule has 1 aromatic rings. The van der Waals surface area contributed by atoms with Gasteiger partial charge >= 0.3 is 0 Å². The molecule has 2 heterocycles. The molecule has 0 aromatic carbocycles. The normalized spacial score (nSPS) is 19.9. The fourth-order valence-electron chi connectivity index (χ4n) is 1.39. The lowest BCUT2D eigenvalue weighted by molar-refractivity contribution is -0.165. The van der Waals surface area contributed by atoms with E-state index in [4.69, 9.17) is 16.4 Å². The van der Waals surface area contributed by atoms with E-state index in [0.717, 1.165) is 15.0 Å². The van der Waals surface area contributed by atoms with Crippen LogP contribution >= 0.6 is 34.7 Å². The zero-order valence-electron chi connectivity index (χ0n) is 8.97. The van der Waals surface area contributed by atoms with Crippen molar-refractivity contribution in [3.63, 3.8) is 0 Å². The molecular formula is C10H12ClNO3S2. The molecule has 7 heteroatoms. The van der Waals surface area contributed by atoms with E-state index in [2.05, 4.69) is 0 Å². The lowest BCUT2D eigenvalue weighted by Gasteiger charge is -2.12. The summed E-state index contributed by atoms with van der Waals surface area (Å²) in [5, 5.41) is 10.5. The van der Waals surface area contributed by atoms with E-state index in [1.807, 2.05) is 12.1 Å². The smallest absolute Gasteiger partial charge is 0.256 e. The molecule has 1 N–H and O–H groups in total. The maximum absolute atomic E-state index is 11.6. The summed E-state index contributed by atoms with van der Waals surface area (Å²) in [5.74, 6) is 1.01. The van der Waals surface area contributed by atoms with Crippen LogP contribution in [0.15, 0.2) is 12.1 Å². The van der Waals surface area contributed by atoms with Gasteiger partial charge in [-0.3, -0.25) is 9.63 Å². The number of thioether (sulfide) groups is 1. The first-order chi connectivity index (χ1) is 8.15. The zero-order chi connectivity index (χ0) is 12.3. The average Bonchev–Trinajstić information content (AvgIpc) is 2.88. The largest absolute Gasteiger partial charge is 0.389 e. The summed E-state index contributed by atoms with van der Waals surface area (Å²) in [6.07, 6.45) is -0.556. The molecular weight excluding hydrogens is 282 g/mol. The van der Waals surface area contributed by atoms with E-state index in [1.165, 1.54) is 28.2 Å². The molecule has 1 atom stereocenters. The molecule has 1 fully saturated rings. The summed E-state index contributed by atoms with van der Waals surface area (Å²) in [7, 11) is 0. The van der Waals surface area contributed by atoms with E-state index in [0.29, 0.717) is 5.75 Å². The Morgan fingerprint density at radius 3 is 3.12 bits per heavy atom. The fraction of sp³-hybridized carbons (Fsp3) is 0.500. The molecule has 1 saturated heterocycles. The SMILES string of the molecule is O=C(CSCc1ccc(Cl)s1)N1C[C@@H](O)CO1. The van der Waals surface area contributed by atoms with Crippen LogP contribution in [-0.2, 0) is 15.4 Å². The summed E-state index contributed by atoms with van der Waals surface area (Å²) in [5.41, 5.74) is 0. The Hall–Kier alpha value is -0.270. The number of carbonyl (C=O) groups is 1. The number of amides is 1. The summed E-state index contributed by atoms with van der Waals surface area (Å²) < 4.78 is 0.762. The number of hydrogen-bond donors (Lipinski definition) is 1. The molecule has 0 unspecified atom stereocenters. The average molecular weight is 294 g/mol. The molecule has 1 aliphatic rings. The van der Waals surface area contributed by atoms with Gasteiger partial charge < -0.3 is 5.11 Å². The quantitative estimate of drug-likeness (QED) is 0.919. The van der Waals surface area contributed by atoms with Crippen LogP contribution in [0.1, 0.15) is 4.88 Å². The van der Waals surface area contributed by atoms with Crippen LogP contribution in [0.2, 0.25) is 4.34 Å². The number of β-amino-alcohol motifs (C(OH)–C–C–N with tert-alkyl or cyclic N) is 1. The Labute approximate surface area is 112 Å². The van der Waals surface area contributed by atoms with Crippen molar-refractivity contribution in [1.29, 1.82) is 0 Å². The number of nitrogens with zero attached hydrogens (tertiary/aromatic N) is 1. The maximum atomic E-state index is 11.6. The Morgan fingerprint density at radius 1 is 1.71 bits per heavy atom. The minimum atomic E-state index is -0.556. The van der Waals surface area contributed by atoms with Gasteiger partial charge in [0.15, 0.2) is 0 Å². The van der Waals surface area contributed by atoms with Gasteiger partial charge in [-0.05, 0) is 12.1 Å². The highest BCUT2D eigenvalue weighted by atomic mass is 35.5. The maximum Gasteiger partial charge on any atom is 0.256 e. The number of carbonyl (C=O) groups excluding carboxylic acids is 1. The molecule has 0 radical (unpaired) electrons. The van der Waals surface area contributed by atoms with Crippen LogP contribution in [0.4, 0.5) is 0 Å². The number of hydrogen-bond acceptors (Lipinski definition) is 5. The predicted octanol–water partition coefficient (Wildman–Crippen LogP) is 1.77. The summed E-state index contributed by atoms with van der Waals surface area (Å²) in [6.45, 7) is 0.473. The van der Waals surface area contributed by atoms with Crippen LogP contribution in [0.5, 0.6) is 0 Å². The second kappa shape index (κ2) is 6.06. The lowest BCUT2D eigenvalue weighted by atomic mass is 10.4. The summed E-state index contributed by atoms with van der Waals surface area (Å²) >= 11 is 8.84. The van der Waals surface area contributed by atoms with Gasteiger partial charge in [-0.15, -0.1) is 23.1 Å². The monoisotopic (exact) mass is 293 g/mol. The van der Waals surface area contributed by atoms with Crippen LogP contribution < -0.4 is 0 Å². The Kier molecular flexibility index (Phi) is 4.69. The number of rotatable bonds is 4. The van der Waals surface area contributed by atoms with Gasteiger partial charge in [0.05, 0.1) is 22.7 Å². The topological polar surface area (TPSA) is 49.8 Å². The van der Waals surface area contributed by atoms with Crippen molar-refractivity contribution in [1.82, 2.24) is 5.06 Å². The molecule has 94 valence electrons. The summed E-state index contributed by atoms with van der Waals surface area (Å²) in [6, 6.07) is 3.81. The van der Waals surface area contributed by atoms with Crippen LogP contribution in [0.25, 0.3) is 0 Å². The van der Waals surface area contributed by atoms with Gasteiger partial charge in [0.2, 0.25) is 0 Å². The molecule has 0 spiro atoms. The van der Waals surface area contributed by atoms with E-state index in [-0.39, 0.29) is 19.1 Å². The van der Waals surface area contributed by atoms with Crippen LogP contribution in [-0.4, -0.2) is 41.1 Å². The van der Waals surface area contributed by atoms with Crippen molar-refractivity contribution in [2.45, 2.75) is 11.9 Å². The number of thiophene rings is 1. The first-order valence-corrected chi connectivity index (χ1v) is 7.43. The molecule has 1 aliphatic heterocycles. The van der Waals surface area contributed by atoms with Crippen LogP contribution in [0, 0.1) is 0 Å². The molecule has 0 aliphatic carbocycles. The van der Waals surface area contributed by atoms with Gasteiger partial charge in [0.1, 0.15) is 6.61 Å².